The SMILES string of the molecule is C[C@H](c1ccc(Br)cc1)N1CCN(CCO[Si](C)(C)C(C)(C)C)CC1. The number of piperazine rings is 1. The molecular weight excluding hydrogens is 392 g/mol. The van der Waals surface area contributed by atoms with Crippen LogP contribution in [-0.2, 0) is 4.43 Å². The van der Waals surface area contributed by atoms with E-state index in [-0.39, 0.29) is 0 Å². The summed E-state index contributed by atoms with van der Waals surface area (Å²) in [5.74, 6) is 0. The monoisotopic (exact) mass is 426 g/mol. The number of nitrogens with zero attached hydrogens (tertiary/aromatic N) is 2. The minimum Gasteiger partial charge on any atom is -0.416 e. The van der Waals surface area contributed by atoms with Gasteiger partial charge in [-0.05, 0) is 42.8 Å². The number of hydrogen-bond acceptors (Lipinski definition) is 3. The Bertz CT molecular complexity index is 534. The molecule has 0 amide bonds. The van der Waals surface area contributed by atoms with Crippen molar-refractivity contribution in [3.8, 4) is 0 Å². The minimum absolute atomic E-state index is 0.297. The first-order valence-electron chi connectivity index (χ1n) is 9.46. The number of benzene rings is 1. The van der Waals surface area contributed by atoms with Gasteiger partial charge in [0.15, 0.2) is 8.32 Å². The Labute approximate surface area is 164 Å². The smallest absolute Gasteiger partial charge is 0.192 e. The average Bonchev–Trinajstić information content (AvgIpc) is 2.54. The van der Waals surface area contributed by atoms with Gasteiger partial charge >= 0.3 is 0 Å². The zero-order valence-electron chi connectivity index (χ0n) is 16.8. The van der Waals surface area contributed by atoms with Crippen LogP contribution in [0.25, 0.3) is 0 Å². The Balaban J connectivity index is 1.75. The molecule has 25 heavy (non-hydrogen) atoms. The van der Waals surface area contributed by atoms with E-state index in [2.05, 4.69) is 90.8 Å². The molecule has 0 aromatic heterocycles. The molecule has 0 N–H and O–H groups in total. The van der Waals surface area contributed by atoms with Gasteiger partial charge in [0.1, 0.15) is 0 Å². The van der Waals surface area contributed by atoms with E-state index >= 15 is 0 Å². The molecule has 142 valence electrons. The Kier molecular flexibility index (Phi) is 7.31. The van der Waals surface area contributed by atoms with Gasteiger partial charge in [0, 0.05) is 49.8 Å². The number of halogens is 1. The summed E-state index contributed by atoms with van der Waals surface area (Å²) in [4.78, 5) is 5.15. The lowest BCUT2D eigenvalue weighted by molar-refractivity contribution is 0.0900. The van der Waals surface area contributed by atoms with Crippen LogP contribution >= 0.6 is 15.9 Å². The van der Waals surface area contributed by atoms with Gasteiger partial charge in [-0.15, -0.1) is 0 Å². The topological polar surface area (TPSA) is 15.7 Å². The predicted molar refractivity (Wildman–Crippen MR) is 114 cm³/mol. The number of rotatable bonds is 6. The van der Waals surface area contributed by atoms with E-state index in [0.29, 0.717) is 11.1 Å². The third-order valence-electron chi connectivity index (χ3n) is 5.98. The maximum atomic E-state index is 6.33. The molecule has 2 rings (SSSR count). The molecule has 0 bridgehead atoms. The van der Waals surface area contributed by atoms with Gasteiger partial charge in [0.25, 0.3) is 0 Å². The Morgan fingerprint density at radius 3 is 2.16 bits per heavy atom. The fourth-order valence-corrected chi connectivity index (χ4v) is 4.27. The van der Waals surface area contributed by atoms with Crippen molar-refractivity contribution in [2.45, 2.75) is 51.9 Å². The van der Waals surface area contributed by atoms with Crippen LogP contribution in [0.4, 0.5) is 0 Å². The van der Waals surface area contributed by atoms with Crippen molar-refractivity contribution in [2.75, 3.05) is 39.3 Å². The third-order valence-corrected chi connectivity index (χ3v) is 11.1. The van der Waals surface area contributed by atoms with Gasteiger partial charge < -0.3 is 4.43 Å². The Morgan fingerprint density at radius 1 is 1.08 bits per heavy atom. The van der Waals surface area contributed by atoms with Crippen molar-refractivity contribution >= 4 is 24.2 Å². The molecule has 5 heteroatoms. The highest BCUT2D eigenvalue weighted by atomic mass is 79.9. The molecular formula is C20H35BrN2OSi. The number of hydrogen-bond donors (Lipinski definition) is 0. The lowest BCUT2D eigenvalue weighted by Gasteiger charge is -2.40. The van der Waals surface area contributed by atoms with Crippen LogP contribution in [0.3, 0.4) is 0 Å². The molecule has 0 radical (unpaired) electrons. The van der Waals surface area contributed by atoms with Crippen LogP contribution in [0.15, 0.2) is 28.7 Å². The largest absolute Gasteiger partial charge is 0.416 e. The van der Waals surface area contributed by atoms with E-state index in [4.69, 9.17) is 4.43 Å². The summed E-state index contributed by atoms with van der Waals surface area (Å²) in [6, 6.07) is 9.22. The van der Waals surface area contributed by atoms with E-state index in [0.717, 1.165) is 43.8 Å². The summed E-state index contributed by atoms with van der Waals surface area (Å²) >= 11 is 3.52. The standard InChI is InChI=1S/C20H35BrN2OSi/c1-17(18-7-9-19(21)10-8-18)23-13-11-22(12-14-23)15-16-24-25(5,6)20(2,3)4/h7-10,17H,11-16H2,1-6H3/t17-/m1/s1. The first-order valence-corrected chi connectivity index (χ1v) is 13.2. The zero-order valence-corrected chi connectivity index (χ0v) is 19.4. The van der Waals surface area contributed by atoms with Gasteiger partial charge in [-0.3, -0.25) is 9.80 Å². The molecule has 0 spiro atoms. The van der Waals surface area contributed by atoms with Crippen molar-refractivity contribution in [2.24, 2.45) is 0 Å². The van der Waals surface area contributed by atoms with E-state index in [1.54, 1.807) is 0 Å². The van der Waals surface area contributed by atoms with Crippen molar-refractivity contribution < 1.29 is 4.43 Å². The lowest BCUT2D eigenvalue weighted by Crippen LogP contribution is -2.49. The van der Waals surface area contributed by atoms with Crippen molar-refractivity contribution in [1.82, 2.24) is 9.80 Å². The van der Waals surface area contributed by atoms with E-state index in [1.807, 2.05) is 0 Å². The molecule has 0 saturated carbocycles. The summed E-state index contributed by atoms with van der Waals surface area (Å²) in [6.45, 7) is 20.4. The normalized spacial score (nSPS) is 19.2. The van der Waals surface area contributed by atoms with Crippen LogP contribution in [0.2, 0.25) is 18.1 Å². The molecule has 0 aliphatic carbocycles. The highest BCUT2D eigenvalue weighted by Crippen LogP contribution is 2.36. The highest BCUT2D eigenvalue weighted by Gasteiger charge is 2.37. The Morgan fingerprint density at radius 2 is 1.64 bits per heavy atom. The molecule has 1 aliphatic rings. The zero-order chi connectivity index (χ0) is 18.7. The third kappa shape index (κ3) is 5.89. The summed E-state index contributed by atoms with van der Waals surface area (Å²) < 4.78 is 7.48. The molecule has 1 saturated heterocycles. The van der Waals surface area contributed by atoms with Gasteiger partial charge in [0.2, 0.25) is 0 Å². The highest BCUT2D eigenvalue weighted by molar-refractivity contribution is 9.10. The second-order valence-electron chi connectivity index (χ2n) is 8.71. The first kappa shape index (κ1) is 21.1. The van der Waals surface area contributed by atoms with Gasteiger partial charge in [-0.2, -0.15) is 0 Å². The minimum atomic E-state index is -1.61. The first-order chi connectivity index (χ1) is 11.6. The summed E-state index contributed by atoms with van der Waals surface area (Å²) in [6.07, 6.45) is 0. The molecule has 0 unspecified atom stereocenters. The second kappa shape index (κ2) is 8.66. The molecule has 1 aromatic carbocycles. The van der Waals surface area contributed by atoms with Crippen LogP contribution in [0, 0.1) is 0 Å². The summed E-state index contributed by atoms with van der Waals surface area (Å²) in [5, 5.41) is 0.297. The predicted octanol–water partition coefficient (Wildman–Crippen LogP) is 5.15. The second-order valence-corrected chi connectivity index (χ2v) is 14.4. The maximum absolute atomic E-state index is 6.33. The molecule has 1 heterocycles. The maximum Gasteiger partial charge on any atom is 0.192 e. The average molecular weight is 428 g/mol. The molecule has 1 fully saturated rings. The van der Waals surface area contributed by atoms with Crippen molar-refractivity contribution in [3.63, 3.8) is 0 Å². The van der Waals surface area contributed by atoms with E-state index < -0.39 is 8.32 Å². The van der Waals surface area contributed by atoms with Crippen LogP contribution < -0.4 is 0 Å². The fraction of sp³-hybridized carbons (Fsp3) is 0.700. The van der Waals surface area contributed by atoms with E-state index in [1.165, 1.54) is 5.56 Å². The summed E-state index contributed by atoms with van der Waals surface area (Å²) in [7, 11) is -1.61. The lowest BCUT2D eigenvalue weighted by atomic mass is 10.1. The molecule has 1 aromatic rings. The fourth-order valence-electron chi connectivity index (χ4n) is 2.97. The molecule has 1 atom stereocenters. The quantitative estimate of drug-likeness (QED) is 0.584. The molecule has 1 aliphatic heterocycles. The van der Waals surface area contributed by atoms with Crippen LogP contribution in [0.1, 0.15) is 39.3 Å². The van der Waals surface area contributed by atoms with Crippen LogP contribution in [-0.4, -0.2) is 57.4 Å². The van der Waals surface area contributed by atoms with Gasteiger partial charge in [-0.25, -0.2) is 0 Å². The van der Waals surface area contributed by atoms with Crippen LogP contribution in [0.5, 0.6) is 0 Å². The Hall–Kier alpha value is -0.203. The molecule has 3 nitrogen and oxygen atoms in total. The van der Waals surface area contributed by atoms with E-state index in [9.17, 15) is 0 Å². The van der Waals surface area contributed by atoms with Gasteiger partial charge in [-0.1, -0.05) is 48.8 Å². The summed E-state index contributed by atoms with van der Waals surface area (Å²) in [5.41, 5.74) is 1.40. The van der Waals surface area contributed by atoms with Crippen molar-refractivity contribution in [1.29, 1.82) is 0 Å². The van der Waals surface area contributed by atoms with Crippen molar-refractivity contribution in [3.05, 3.63) is 34.3 Å². The van der Waals surface area contributed by atoms with Gasteiger partial charge in [0.05, 0.1) is 0 Å².